The predicted octanol–water partition coefficient (Wildman–Crippen LogP) is 4.97. The Bertz CT molecular complexity index is 1360. The van der Waals surface area contributed by atoms with Gasteiger partial charge in [-0.1, -0.05) is 48.5 Å². The van der Waals surface area contributed by atoms with Crippen LogP contribution < -0.4 is 14.8 Å². The van der Waals surface area contributed by atoms with Crippen LogP contribution in [-0.2, 0) is 14.8 Å². The van der Waals surface area contributed by atoms with Crippen molar-refractivity contribution in [3.8, 4) is 5.75 Å². The third-order valence-corrected chi connectivity index (χ3v) is 6.22. The summed E-state index contributed by atoms with van der Waals surface area (Å²) in [5, 5.41) is 4.46. The summed E-state index contributed by atoms with van der Waals surface area (Å²) in [6.45, 7) is 1.80. The fourth-order valence-corrected chi connectivity index (χ4v) is 4.37. The molecular formula is C25H22N2O4S. The van der Waals surface area contributed by atoms with E-state index in [2.05, 4.69) is 10.0 Å². The minimum Gasteiger partial charge on any atom is -0.484 e. The molecule has 4 rings (SSSR count). The summed E-state index contributed by atoms with van der Waals surface area (Å²) in [7, 11) is -3.79. The number of anilines is 2. The molecule has 0 fully saturated rings. The Hall–Kier alpha value is -3.84. The summed E-state index contributed by atoms with van der Waals surface area (Å²) in [5.74, 6) is 0.275. The Labute approximate surface area is 186 Å². The van der Waals surface area contributed by atoms with Crippen molar-refractivity contribution >= 4 is 38.1 Å². The van der Waals surface area contributed by atoms with Gasteiger partial charge in [-0.15, -0.1) is 0 Å². The van der Waals surface area contributed by atoms with Gasteiger partial charge in [-0.25, -0.2) is 8.42 Å². The molecule has 0 atom stereocenters. The van der Waals surface area contributed by atoms with Gasteiger partial charge >= 0.3 is 0 Å². The van der Waals surface area contributed by atoms with Gasteiger partial charge in [-0.3, -0.25) is 9.52 Å². The molecular weight excluding hydrogens is 424 g/mol. The first-order valence-electron chi connectivity index (χ1n) is 10.0. The molecule has 0 saturated carbocycles. The highest BCUT2D eigenvalue weighted by Crippen LogP contribution is 2.26. The molecule has 4 aromatic carbocycles. The van der Waals surface area contributed by atoms with Gasteiger partial charge in [0, 0.05) is 11.1 Å². The van der Waals surface area contributed by atoms with Crippen LogP contribution in [0.5, 0.6) is 5.75 Å². The number of hydrogen-bond acceptors (Lipinski definition) is 4. The number of amides is 1. The third-order valence-electron chi connectivity index (χ3n) is 4.84. The Balaban J connectivity index is 1.41. The lowest BCUT2D eigenvalue weighted by molar-refractivity contribution is -0.118. The lowest BCUT2D eigenvalue weighted by atomic mass is 10.1. The fraction of sp³-hybridized carbons (Fsp3) is 0.0800. The highest BCUT2D eigenvalue weighted by Gasteiger charge is 2.16. The van der Waals surface area contributed by atoms with Crippen LogP contribution in [0, 0.1) is 6.92 Å². The molecule has 0 saturated heterocycles. The van der Waals surface area contributed by atoms with Crippen LogP contribution in [0.2, 0.25) is 0 Å². The van der Waals surface area contributed by atoms with Gasteiger partial charge in [0.1, 0.15) is 5.75 Å². The molecule has 0 aliphatic carbocycles. The highest BCUT2D eigenvalue weighted by molar-refractivity contribution is 7.92. The molecule has 162 valence electrons. The summed E-state index contributed by atoms with van der Waals surface area (Å²) in [5.41, 5.74) is 2.03. The van der Waals surface area contributed by atoms with Gasteiger partial charge in [-0.2, -0.15) is 0 Å². The fourth-order valence-electron chi connectivity index (χ4n) is 3.29. The molecule has 2 N–H and O–H groups in total. The smallest absolute Gasteiger partial charge is 0.262 e. The molecule has 0 aromatic heterocycles. The van der Waals surface area contributed by atoms with Crippen LogP contribution in [0.1, 0.15) is 5.56 Å². The minimum absolute atomic E-state index is 0.0967. The maximum absolute atomic E-state index is 12.8. The van der Waals surface area contributed by atoms with Crippen LogP contribution in [0.3, 0.4) is 0 Å². The zero-order valence-corrected chi connectivity index (χ0v) is 18.2. The number of carbonyl (C=O) groups excluding carboxylic acids is 1. The van der Waals surface area contributed by atoms with Gasteiger partial charge < -0.3 is 10.1 Å². The Kier molecular flexibility index (Phi) is 6.09. The highest BCUT2D eigenvalue weighted by atomic mass is 32.2. The lowest BCUT2D eigenvalue weighted by Crippen LogP contribution is -2.20. The van der Waals surface area contributed by atoms with Gasteiger partial charge in [0.05, 0.1) is 10.6 Å². The molecule has 0 aliphatic rings. The summed E-state index contributed by atoms with van der Waals surface area (Å²) in [6, 6.07) is 26.4. The van der Waals surface area contributed by atoms with Crippen molar-refractivity contribution in [2.75, 3.05) is 16.6 Å². The maximum atomic E-state index is 12.8. The molecule has 6 nitrogen and oxygen atoms in total. The molecule has 0 radical (unpaired) electrons. The van der Waals surface area contributed by atoms with Crippen LogP contribution in [0.15, 0.2) is 95.9 Å². The first-order chi connectivity index (χ1) is 15.4. The number of rotatable bonds is 7. The second kappa shape index (κ2) is 9.11. The Morgan fingerprint density at radius 2 is 1.59 bits per heavy atom. The molecule has 0 heterocycles. The van der Waals surface area contributed by atoms with Crippen molar-refractivity contribution in [2.45, 2.75) is 11.8 Å². The number of aryl methyl sites for hydroxylation is 1. The number of hydrogen-bond donors (Lipinski definition) is 2. The van der Waals surface area contributed by atoms with E-state index in [0.717, 1.165) is 16.3 Å². The van der Waals surface area contributed by atoms with E-state index in [0.29, 0.717) is 17.1 Å². The summed E-state index contributed by atoms with van der Waals surface area (Å²) < 4.78 is 33.8. The van der Waals surface area contributed by atoms with Gasteiger partial charge in [0.2, 0.25) is 0 Å². The second-order valence-corrected chi connectivity index (χ2v) is 8.99. The number of fused-ring (bicyclic) bond motifs is 1. The van der Waals surface area contributed by atoms with Crippen LogP contribution in [0.25, 0.3) is 10.8 Å². The van der Waals surface area contributed by atoms with Crippen molar-refractivity contribution in [1.29, 1.82) is 0 Å². The average molecular weight is 447 g/mol. The van der Waals surface area contributed by atoms with Crippen LogP contribution in [-0.4, -0.2) is 20.9 Å². The first kappa shape index (κ1) is 21.4. The molecule has 0 aliphatic heterocycles. The van der Waals surface area contributed by atoms with Crippen LogP contribution >= 0.6 is 0 Å². The molecule has 0 unspecified atom stereocenters. The standard InChI is InChI=1S/C25H22N2O4S/c1-18-6-4-9-21(16-18)31-17-25(28)26-20-12-14-22(15-13-20)32(29,30)27-24-11-5-8-19-7-2-3-10-23(19)24/h2-16,27H,17H2,1H3,(H,26,28). The SMILES string of the molecule is Cc1cccc(OCC(=O)Nc2ccc(S(=O)(=O)Nc3cccc4ccccc34)cc2)c1. The largest absolute Gasteiger partial charge is 0.484 e. The normalized spacial score (nSPS) is 11.2. The lowest BCUT2D eigenvalue weighted by Gasteiger charge is -2.12. The maximum Gasteiger partial charge on any atom is 0.262 e. The van der Waals surface area contributed by atoms with E-state index in [1.165, 1.54) is 12.1 Å². The van der Waals surface area contributed by atoms with E-state index in [1.807, 2.05) is 55.5 Å². The number of carbonyl (C=O) groups is 1. The molecule has 0 bridgehead atoms. The van der Waals surface area contributed by atoms with Gasteiger partial charge in [0.25, 0.3) is 15.9 Å². The predicted molar refractivity (Wildman–Crippen MR) is 127 cm³/mol. The van der Waals surface area contributed by atoms with E-state index >= 15 is 0 Å². The summed E-state index contributed by atoms with van der Waals surface area (Å²) in [6.07, 6.45) is 0. The monoisotopic (exact) mass is 446 g/mol. The summed E-state index contributed by atoms with van der Waals surface area (Å²) in [4.78, 5) is 12.2. The van der Waals surface area contributed by atoms with Gasteiger partial charge in [0.15, 0.2) is 6.61 Å². The second-order valence-electron chi connectivity index (χ2n) is 7.31. The van der Waals surface area contributed by atoms with Crippen molar-refractivity contribution in [1.82, 2.24) is 0 Å². The topological polar surface area (TPSA) is 84.5 Å². The Morgan fingerprint density at radius 1 is 0.875 bits per heavy atom. The number of ether oxygens (including phenoxy) is 1. The number of benzene rings is 4. The van der Waals surface area contributed by atoms with E-state index in [9.17, 15) is 13.2 Å². The minimum atomic E-state index is -3.79. The third kappa shape index (κ3) is 5.07. The quantitative estimate of drug-likeness (QED) is 0.420. The van der Waals surface area contributed by atoms with E-state index < -0.39 is 10.0 Å². The number of nitrogens with one attached hydrogen (secondary N) is 2. The van der Waals surface area contributed by atoms with E-state index in [1.54, 1.807) is 30.3 Å². The number of sulfonamides is 1. The summed E-state index contributed by atoms with van der Waals surface area (Å²) >= 11 is 0. The van der Waals surface area contributed by atoms with E-state index in [-0.39, 0.29) is 17.4 Å². The van der Waals surface area contributed by atoms with Crippen molar-refractivity contribution in [3.63, 3.8) is 0 Å². The molecule has 0 spiro atoms. The Morgan fingerprint density at radius 3 is 2.38 bits per heavy atom. The van der Waals surface area contributed by atoms with Crippen LogP contribution in [0.4, 0.5) is 11.4 Å². The van der Waals surface area contributed by atoms with Gasteiger partial charge in [-0.05, 0) is 60.3 Å². The van der Waals surface area contributed by atoms with Crippen molar-refractivity contribution in [2.24, 2.45) is 0 Å². The molecule has 4 aromatic rings. The zero-order valence-electron chi connectivity index (χ0n) is 17.4. The average Bonchev–Trinajstić information content (AvgIpc) is 2.78. The van der Waals surface area contributed by atoms with E-state index in [4.69, 9.17) is 4.74 Å². The molecule has 1 amide bonds. The van der Waals surface area contributed by atoms with Crippen molar-refractivity contribution in [3.05, 3.63) is 96.6 Å². The first-order valence-corrected chi connectivity index (χ1v) is 11.5. The van der Waals surface area contributed by atoms with Crippen molar-refractivity contribution < 1.29 is 17.9 Å². The molecule has 32 heavy (non-hydrogen) atoms. The molecule has 7 heteroatoms. The zero-order chi connectivity index (χ0) is 22.6.